The average molecular weight is 201 g/mol. The van der Waals surface area contributed by atoms with Gasteiger partial charge in [0.1, 0.15) is 0 Å². The first-order chi connectivity index (χ1) is 6.33. The maximum atomic E-state index is 5.34. The van der Waals surface area contributed by atoms with Gasteiger partial charge in [0.2, 0.25) is 0 Å². The van der Waals surface area contributed by atoms with Gasteiger partial charge in [0.25, 0.3) is 0 Å². The molecule has 0 saturated heterocycles. The summed E-state index contributed by atoms with van der Waals surface area (Å²) in [5.41, 5.74) is 5.34. The molecule has 3 nitrogen and oxygen atoms in total. The molecule has 1 rings (SSSR count). The van der Waals surface area contributed by atoms with Crippen LogP contribution in [0.4, 0.5) is 0 Å². The first-order valence-electron chi connectivity index (χ1n) is 5.05. The second-order valence-corrected chi connectivity index (χ2v) is 4.56. The Labute approximate surface area is 84.7 Å². The lowest BCUT2D eigenvalue weighted by atomic mass is 9.88. The fraction of sp³-hybridized carbons (Fsp3) is 1.00. The van der Waals surface area contributed by atoms with Crippen molar-refractivity contribution < 1.29 is 0 Å². The summed E-state index contributed by atoms with van der Waals surface area (Å²) < 4.78 is 4.07. The van der Waals surface area contributed by atoms with Gasteiger partial charge in [-0.3, -0.25) is 0 Å². The molecule has 76 valence electrons. The van der Waals surface area contributed by atoms with Crippen molar-refractivity contribution in [2.45, 2.75) is 38.6 Å². The van der Waals surface area contributed by atoms with Gasteiger partial charge < -0.3 is 5.73 Å². The minimum atomic E-state index is 0.487. The van der Waals surface area contributed by atoms with Gasteiger partial charge >= 0.3 is 0 Å². The molecule has 0 atom stereocenters. The van der Waals surface area contributed by atoms with Crippen molar-refractivity contribution in [2.75, 3.05) is 12.3 Å². The molecule has 0 bridgehead atoms. The highest BCUT2D eigenvalue weighted by Crippen LogP contribution is 2.26. The molecule has 0 aromatic carbocycles. The highest BCUT2D eigenvalue weighted by Gasteiger charge is 2.17. The molecular formula is C9H19N3S. The summed E-state index contributed by atoms with van der Waals surface area (Å²) in [7, 11) is 0. The monoisotopic (exact) mass is 201 g/mol. The fourth-order valence-electron chi connectivity index (χ4n) is 1.55. The van der Waals surface area contributed by atoms with Gasteiger partial charge in [-0.2, -0.15) is 5.11 Å². The van der Waals surface area contributed by atoms with Gasteiger partial charge in [-0.15, -0.1) is 4.52 Å². The van der Waals surface area contributed by atoms with Gasteiger partial charge in [0, 0.05) is 12.3 Å². The molecule has 0 heterocycles. The Hall–Kier alpha value is -0.0900. The van der Waals surface area contributed by atoms with Crippen LogP contribution >= 0.6 is 11.9 Å². The van der Waals surface area contributed by atoms with E-state index >= 15 is 0 Å². The van der Waals surface area contributed by atoms with E-state index in [2.05, 4.69) is 16.6 Å². The summed E-state index contributed by atoms with van der Waals surface area (Å²) >= 11 is 1.48. The Morgan fingerprint density at radius 1 is 1.31 bits per heavy atom. The van der Waals surface area contributed by atoms with Crippen molar-refractivity contribution in [3.05, 3.63) is 0 Å². The largest absolute Gasteiger partial charge is 0.330 e. The van der Waals surface area contributed by atoms with Crippen LogP contribution in [0.5, 0.6) is 0 Å². The van der Waals surface area contributed by atoms with E-state index in [4.69, 9.17) is 5.73 Å². The molecule has 0 aromatic heterocycles. The molecule has 1 fully saturated rings. The molecule has 0 unspecified atom stereocenters. The van der Waals surface area contributed by atoms with E-state index in [1.54, 1.807) is 0 Å². The molecule has 1 aliphatic rings. The maximum absolute atomic E-state index is 5.34. The predicted molar refractivity (Wildman–Crippen MR) is 57.8 cm³/mol. The van der Waals surface area contributed by atoms with Crippen molar-refractivity contribution in [3.63, 3.8) is 0 Å². The third-order valence-electron chi connectivity index (χ3n) is 2.46. The smallest absolute Gasteiger partial charge is 0.0719 e. The first kappa shape index (κ1) is 11.0. The van der Waals surface area contributed by atoms with Crippen LogP contribution in [0.1, 0.15) is 32.6 Å². The van der Waals surface area contributed by atoms with E-state index in [1.165, 1.54) is 37.6 Å². The number of nitrogens with zero attached hydrogens (tertiary/aromatic N) is 2. The molecule has 0 amide bonds. The molecule has 1 saturated carbocycles. The summed E-state index contributed by atoms with van der Waals surface area (Å²) in [4.78, 5) is 0. The molecule has 0 aliphatic heterocycles. The number of hydrogen-bond acceptors (Lipinski definition) is 4. The van der Waals surface area contributed by atoms with Crippen molar-refractivity contribution in [3.8, 4) is 0 Å². The second-order valence-electron chi connectivity index (χ2n) is 3.73. The van der Waals surface area contributed by atoms with Crippen LogP contribution in [0.2, 0.25) is 0 Å². The average Bonchev–Trinajstić information content (AvgIpc) is 2.15. The predicted octanol–water partition coefficient (Wildman–Crippen LogP) is 2.62. The minimum Gasteiger partial charge on any atom is -0.330 e. The number of rotatable bonds is 4. The van der Waals surface area contributed by atoms with Crippen molar-refractivity contribution in [2.24, 2.45) is 21.3 Å². The van der Waals surface area contributed by atoms with E-state index < -0.39 is 0 Å². The molecule has 2 N–H and O–H groups in total. The van der Waals surface area contributed by atoms with Gasteiger partial charge in [-0.1, -0.05) is 6.92 Å². The summed E-state index contributed by atoms with van der Waals surface area (Å²) in [6.45, 7) is 3.00. The van der Waals surface area contributed by atoms with E-state index in [0.717, 1.165) is 11.7 Å². The maximum Gasteiger partial charge on any atom is 0.0719 e. The van der Waals surface area contributed by atoms with E-state index in [-0.39, 0.29) is 0 Å². The van der Waals surface area contributed by atoms with Crippen molar-refractivity contribution in [1.29, 1.82) is 0 Å². The Bertz CT molecular complexity index is 153. The lowest BCUT2D eigenvalue weighted by Gasteiger charge is -2.21. The summed E-state index contributed by atoms with van der Waals surface area (Å²) in [5, 5.41) is 4.29. The topological polar surface area (TPSA) is 50.7 Å². The number of hydrogen-bond donors (Lipinski definition) is 1. The standard InChI is InChI=1S/C9H19N3S/c1-8-2-4-9(5-3-8)11-12-13-7-6-10/h8-9H,2-7,10H2,1H3. The SMILES string of the molecule is CC1CCC(N=NSCCN)CC1. The Kier molecular flexibility index (Phi) is 5.39. The van der Waals surface area contributed by atoms with E-state index in [9.17, 15) is 0 Å². The highest BCUT2D eigenvalue weighted by atomic mass is 32.2. The van der Waals surface area contributed by atoms with Crippen molar-refractivity contribution in [1.82, 2.24) is 0 Å². The Morgan fingerprint density at radius 3 is 2.62 bits per heavy atom. The Balaban J connectivity index is 2.11. The lowest BCUT2D eigenvalue weighted by Crippen LogP contribution is -2.14. The van der Waals surface area contributed by atoms with E-state index in [0.29, 0.717) is 12.6 Å². The Morgan fingerprint density at radius 2 is 2.00 bits per heavy atom. The van der Waals surface area contributed by atoms with Crippen LogP contribution in [0.25, 0.3) is 0 Å². The summed E-state index contributed by atoms with van der Waals surface area (Å²) in [6, 6.07) is 0.487. The van der Waals surface area contributed by atoms with Gasteiger partial charge in [-0.05, 0) is 43.5 Å². The third kappa shape index (κ3) is 4.62. The molecule has 13 heavy (non-hydrogen) atoms. The highest BCUT2D eigenvalue weighted by molar-refractivity contribution is 7.97. The zero-order chi connectivity index (χ0) is 9.52. The van der Waals surface area contributed by atoms with Crippen molar-refractivity contribution >= 4 is 11.9 Å². The molecular weight excluding hydrogens is 182 g/mol. The van der Waals surface area contributed by atoms with Crippen LogP contribution in [-0.4, -0.2) is 18.3 Å². The van der Waals surface area contributed by atoms with Gasteiger partial charge in [0.15, 0.2) is 0 Å². The zero-order valence-electron chi connectivity index (χ0n) is 8.28. The van der Waals surface area contributed by atoms with Gasteiger partial charge in [-0.25, -0.2) is 0 Å². The second kappa shape index (κ2) is 6.38. The molecule has 0 radical (unpaired) electrons. The minimum absolute atomic E-state index is 0.487. The first-order valence-corrected chi connectivity index (χ1v) is 5.99. The third-order valence-corrected chi connectivity index (χ3v) is 3.09. The molecule has 1 aliphatic carbocycles. The quantitative estimate of drug-likeness (QED) is 0.432. The molecule has 0 spiro atoms. The van der Waals surface area contributed by atoms with E-state index in [1.807, 2.05) is 0 Å². The normalized spacial score (nSPS) is 29.7. The van der Waals surface area contributed by atoms with Crippen LogP contribution < -0.4 is 5.73 Å². The van der Waals surface area contributed by atoms with Crippen LogP contribution in [0.15, 0.2) is 9.63 Å². The summed E-state index contributed by atoms with van der Waals surface area (Å²) in [5.74, 6) is 1.77. The zero-order valence-corrected chi connectivity index (χ0v) is 9.09. The van der Waals surface area contributed by atoms with Crippen LogP contribution in [0, 0.1) is 5.92 Å². The lowest BCUT2D eigenvalue weighted by molar-refractivity contribution is 0.344. The van der Waals surface area contributed by atoms with Crippen LogP contribution in [-0.2, 0) is 0 Å². The number of nitrogens with two attached hydrogens (primary N) is 1. The molecule has 0 aromatic rings. The fourth-order valence-corrected chi connectivity index (χ4v) is 1.94. The summed E-state index contributed by atoms with van der Waals surface area (Å²) in [6.07, 6.45) is 5.05. The molecule has 4 heteroatoms. The van der Waals surface area contributed by atoms with Gasteiger partial charge in [0.05, 0.1) is 6.04 Å². The van der Waals surface area contributed by atoms with Crippen LogP contribution in [0.3, 0.4) is 0 Å².